The Balaban J connectivity index is 1.79. The van der Waals surface area contributed by atoms with Crippen LogP contribution in [0.25, 0.3) is 0 Å². The van der Waals surface area contributed by atoms with Gasteiger partial charge in [0.1, 0.15) is 11.9 Å². The molecule has 3 rings (SSSR count). The van der Waals surface area contributed by atoms with Crippen LogP contribution in [0.5, 0.6) is 0 Å². The summed E-state index contributed by atoms with van der Waals surface area (Å²) in [7, 11) is 0. The predicted octanol–water partition coefficient (Wildman–Crippen LogP) is 0.692. The molecular weight excluding hydrogens is 268 g/mol. The van der Waals surface area contributed by atoms with E-state index in [1.54, 1.807) is 6.20 Å². The maximum Gasteiger partial charge on any atom is 0.320 e. The summed E-state index contributed by atoms with van der Waals surface area (Å²) in [5.41, 5.74) is 6.95. The van der Waals surface area contributed by atoms with Crippen molar-refractivity contribution >= 4 is 11.8 Å². The van der Waals surface area contributed by atoms with Crippen molar-refractivity contribution in [3.05, 3.63) is 23.9 Å². The Morgan fingerprint density at radius 2 is 2.29 bits per heavy atom. The smallest absolute Gasteiger partial charge is 0.320 e. The molecule has 4 N–H and O–H groups in total. The van der Waals surface area contributed by atoms with E-state index in [1.165, 1.54) is 0 Å². The number of rotatable bonds is 3. The molecule has 1 aromatic heterocycles. The summed E-state index contributed by atoms with van der Waals surface area (Å²) < 4.78 is 0. The van der Waals surface area contributed by atoms with Crippen molar-refractivity contribution in [1.82, 2.24) is 15.2 Å². The quantitative estimate of drug-likeness (QED) is 0.759. The molecular formula is C15H22N4O2. The van der Waals surface area contributed by atoms with Crippen LogP contribution in [-0.4, -0.2) is 46.6 Å². The first kappa shape index (κ1) is 14.3. The van der Waals surface area contributed by atoms with E-state index in [0.29, 0.717) is 12.4 Å². The van der Waals surface area contributed by atoms with Gasteiger partial charge in [0.25, 0.3) is 0 Å². The second-order valence-corrected chi connectivity index (χ2v) is 6.26. The van der Waals surface area contributed by atoms with Gasteiger partial charge in [0.2, 0.25) is 0 Å². The fourth-order valence-electron chi connectivity index (χ4n) is 3.68. The van der Waals surface area contributed by atoms with E-state index in [1.807, 2.05) is 12.1 Å². The number of hydrogen-bond donors (Lipinski definition) is 3. The zero-order chi connectivity index (χ0) is 14.9. The van der Waals surface area contributed by atoms with Crippen LogP contribution in [0.4, 0.5) is 5.82 Å². The van der Waals surface area contributed by atoms with Gasteiger partial charge in [-0.05, 0) is 43.8 Å². The average Bonchev–Trinajstić information content (AvgIpc) is 2.81. The lowest BCUT2D eigenvalue weighted by Gasteiger charge is -2.33. The summed E-state index contributed by atoms with van der Waals surface area (Å²) in [4.78, 5) is 17.8. The maximum atomic E-state index is 11.6. The van der Waals surface area contributed by atoms with Gasteiger partial charge >= 0.3 is 5.97 Å². The van der Waals surface area contributed by atoms with E-state index in [0.717, 1.165) is 44.5 Å². The summed E-state index contributed by atoms with van der Waals surface area (Å²) in [5, 5.41) is 12.9. The number of carboxylic acid groups (broad SMARTS) is 1. The monoisotopic (exact) mass is 290 g/mol. The number of likely N-dealkylation sites (tertiary alicyclic amines) is 1. The van der Waals surface area contributed by atoms with Crippen LogP contribution in [0.2, 0.25) is 0 Å². The molecule has 6 heteroatoms. The molecule has 1 aromatic rings. The molecule has 1 unspecified atom stereocenters. The lowest BCUT2D eigenvalue weighted by molar-refractivity contribution is -0.142. The average molecular weight is 290 g/mol. The lowest BCUT2D eigenvalue weighted by Crippen LogP contribution is -2.38. The number of carboxylic acids is 1. The first-order valence-electron chi connectivity index (χ1n) is 7.47. The van der Waals surface area contributed by atoms with Crippen molar-refractivity contribution in [3.8, 4) is 0 Å². The van der Waals surface area contributed by atoms with Gasteiger partial charge in [0.05, 0.1) is 0 Å². The van der Waals surface area contributed by atoms with Crippen LogP contribution < -0.4 is 11.1 Å². The summed E-state index contributed by atoms with van der Waals surface area (Å²) >= 11 is 0. The number of hydrogen-bond acceptors (Lipinski definition) is 5. The summed E-state index contributed by atoms with van der Waals surface area (Å²) in [5.74, 6) is -0.235. The van der Waals surface area contributed by atoms with Crippen molar-refractivity contribution in [1.29, 1.82) is 0 Å². The second kappa shape index (κ2) is 5.61. The Morgan fingerprint density at radius 1 is 1.52 bits per heavy atom. The van der Waals surface area contributed by atoms with Gasteiger partial charge in [-0.25, -0.2) is 4.98 Å². The minimum Gasteiger partial charge on any atom is -0.480 e. The van der Waals surface area contributed by atoms with E-state index in [4.69, 9.17) is 5.73 Å². The van der Waals surface area contributed by atoms with Crippen molar-refractivity contribution in [2.75, 3.05) is 25.4 Å². The van der Waals surface area contributed by atoms with E-state index >= 15 is 0 Å². The lowest BCUT2D eigenvalue weighted by atomic mass is 9.77. The highest BCUT2D eigenvalue weighted by Crippen LogP contribution is 2.42. The number of aliphatic carboxylic acids is 1. The Kier molecular flexibility index (Phi) is 3.82. The van der Waals surface area contributed by atoms with Crippen LogP contribution in [-0.2, 0) is 11.3 Å². The Bertz CT molecular complexity index is 528. The predicted molar refractivity (Wildman–Crippen MR) is 79.6 cm³/mol. The number of piperidine rings is 1. The molecule has 2 fully saturated rings. The Labute approximate surface area is 124 Å². The van der Waals surface area contributed by atoms with Gasteiger partial charge in [-0.15, -0.1) is 0 Å². The van der Waals surface area contributed by atoms with E-state index in [2.05, 4.69) is 15.2 Å². The van der Waals surface area contributed by atoms with Crippen LogP contribution in [0.15, 0.2) is 18.3 Å². The van der Waals surface area contributed by atoms with Gasteiger partial charge in [0.15, 0.2) is 0 Å². The SMILES string of the molecule is Nc1ncccc1CN1CC2(CCNCC2)CC1C(=O)O. The molecule has 6 nitrogen and oxygen atoms in total. The van der Waals surface area contributed by atoms with Crippen molar-refractivity contribution < 1.29 is 9.90 Å². The molecule has 114 valence electrons. The van der Waals surface area contributed by atoms with Crippen LogP contribution in [0.1, 0.15) is 24.8 Å². The number of pyridine rings is 1. The first-order valence-corrected chi connectivity index (χ1v) is 7.47. The van der Waals surface area contributed by atoms with E-state index in [9.17, 15) is 9.90 Å². The second-order valence-electron chi connectivity index (χ2n) is 6.26. The maximum absolute atomic E-state index is 11.6. The Morgan fingerprint density at radius 3 is 2.95 bits per heavy atom. The summed E-state index contributed by atoms with van der Waals surface area (Å²) in [6.45, 7) is 3.36. The van der Waals surface area contributed by atoms with Crippen LogP contribution >= 0.6 is 0 Å². The molecule has 0 saturated carbocycles. The fraction of sp³-hybridized carbons (Fsp3) is 0.600. The zero-order valence-corrected chi connectivity index (χ0v) is 12.1. The normalized spacial score (nSPS) is 25.2. The van der Waals surface area contributed by atoms with Gasteiger partial charge in [-0.2, -0.15) is 0 Å². The highest BCUT2D eigenvalue weighted by atomic mass is 16.4. The standard InChI is InChI=1S/C15H22N4O2/c16-13-11(2-1-5-18-13)9-19-10-15(3-6-17-7-4-15)8-12(19)14(20)21/h1-2,5,12,17H,3-4,6-10H2,(H2,16,18)(H,20,21). The molecule has 0 aliphatic carbocycles. The van der Waals surface area contributed by atoms with Gasteiger partial charge in [0, 0.05) is 24.8 Å². The van der Waals surface area contributed by atoms with Gasteiger partial charge in [-0.1, -0.05) is 6.07 Å². The fourth-order valence-corrected chi connectivity index (χ4v) is 3.68. The molecule has 3 heterocycles. The third kappa shape index (κ3) is 2.87. The van der Waals surface area contributed by atoms with Crippen LogP contribution in [0, 0.1) is 5.41 Å². The molecule has 0 aromatic carbocycles. The van der Waals surface area contributed by atoms with E-state index in [-0.39, 0.29) is 5.41 Å². The number of anilines is 1. The molecule has 1 spiro atoms. The third-order valence-corrected chi connectivity index (χ3v) is 4.85. The van der Waals surface area contributed by atoms with Crippen molar-refractivity contribution in [2.45, 2.75) is 31.8 Å². The van der Waals surface area contributed by atoms with Crippen LogP contribution in [0.3, 0.4) is 0 Å². The number of nitrogen functional groups attached to an aromatic ring is 1. The molecule has 21 heavy (non-hydrogen) atoms. The van der Waals surface area contributed by atoms with E-state index < -0.39 is 12.0 Å². The number of aromatic nitrogens is 1. The molecule has 0 radical (unpaired) electrons. The zero-order valence-electron chi connectivity index (χ0n) is 12.1. The topological polar surface area (TPSA) is 91.5 Å². The number of nitrogens with two attached hydrogens (primary N) is 1. The molecule has 2 aliphatic heterocycles. The largest absolute Gasteiger partial charge is 0.480 e. The summed E-state index contributed by atoms with van der Waals surface area (Å²) in [6, 6.07) is 3.36. The molecule has 2 aliphatic rings. The first-order chi connectivity index (χ1) is 10.1. The molecule has 0 amide bonds. The molecule has 1 atom stereocenters. The van der Waals surface area contributed by atoms with Gasteiger partial charge in [-0.3, -0.25) is 9.69 Å². The molecule has 2 saturated heterocycles. The highest BCUT2D eigenvalue weighted by Gasteiger charge is 2.47. The number of nitrogens with zero attached hydrogens (tertiary/aromatic N) is 2. The minimum atomic E-state index is -0.729. The highest BCUT2D eigenvalue weighted by molar-refractivity contribution is 5.74. The number of carbonyl (C=O) groups is 1. The number of nitrogens with one attached hydrogen (secondary N) is 1. The minimum absolute atomic E-state index is 0.144. The Hall–Kier alpha value is -1.66. The third-order valence-electron chi connectivity index (χ3n) is 4.85. The van der Waals surface area contributed by atoms with Crippen molar-refractivity contribution in [2.24, 2.45) is 5.41 Å². The summed E-state index contributed by atoms with van der Waals surface area (Å²) in [6.07, 6.45) is 4.50. The van der Waals surface area contributed by atoms with Crippen molar-refractivity contribution in [3.63, 3.8) is 0 Å². The molecule has 0 bridgehead atoms. The van der Waals surface area contributed by atoms with Gasteiger partial charge < -0.3 is 16.2 Å².